The van der Waals surface area contributed by atoms with E-state index in [1.807, 2.05) is 69.4 Å². The van der Waals surface area contributed by atoms with Crippen molar-refractivity contribution < 1.29 is 19.3 Å². The van der Waals surface area contributed by atoms with Crippen molar-refractivity contribution in [3.8, 4) is 23.3 Å². The Bertz CT molecular complexity index is 1340. The van der Waals surface area contributed by atoms with E-state index in [0.29, 0.717) is 41.3 Å². The number of halogens is 1. The van der Waals surface area contributed by atoms with Gasteiger partial charge in [-0.15, -0.1) is 0 Å². The molecule has 4 rings (SSSR count). The maximum Gasteiger partial charge on any atom is 0.160 e. The van der Waals surface area contributed by atoms with Crippen LogP contribution in [0.5, 0.6) is 17.2 Å². The van der Waals surface area contributed by atoms with Crippen molar-refractivity contribution in [3.63, 3.8) is 0 Å². The zero-order chi connectivity index (χ0) is 28.2. The lowest BCUT2D eigenvalue weighted by Crippen LogP contribution is -2.37. The number of hydrogen-bond acceptors (Lipinski definition) is 7. The van der Waals surface area contributed by atoms with Gasteiger partial charge in [-0.2, -0.15) is 5.26 Å². The highest BCUT2D eigenvalue weighted by Gasteiger charge is 2.43. The molecule has 3 aromatic rings. The molecule has 8 heteroatoms. The number of ether oxygens (including phenoxy) is 3. The second-order valence-electron chi connectivity index (χ2n) is 10.3. The highest BCUT2D eigenvalue weighted by atomic mass is 35.5. The fourth-order valence-electron chi connectivity index (χ4n) is 5.22. The predicted octanol–water partition coefficient (Wildman–Crippen LogP) is 6.06. The molecule has 0 aliphatic carbocycles. The third-order valence-corrected chi connectivity index (χ3v) is 8.04. The lowest BCUT2D eigenvalue weighted by atomic mass is 9.72. The van der Waals surface area contributed by atoms with Crippen molar-refractivity contribution in [1.29, 1.82) is 5.26 Å². The van der Waals surface area contributed by atoms with Gasteiger partial charge in [0.05, 0.1) is 26.9 Å². The lowest BCUT2D eigenvalue weighted by Gasteiger charge is -2.33. The van der Waals surface area contributed by atoms with Gasteiger partial charge in [0, 0.05) is 17.7 Å². The van der Waals surface area contributed by atoms with Gasteiger partial charge in [0.1, 0.15) is 28.1 Å². The summed E-state index contributed by atoms with van der Waals surface area (Å²) in [5.74, 6) is 1.30. The van der Waals surface area contributed by atoms with Crippen molar-refractivity contribution in [2.45, 2.75) is 44.8 Å². The first-order valence-electron chi connectivity index (χ1n) is 13.1. The van der Waals surface area contributed by atoms with Gasteiger partial charge in [-0.25, -0.2) is 4.98 Å². The summed E-state index contributed by atoms with van der Waals surface area (Å²) in [4.78, 5) is 6.85. The van der Waals surface area contributed by atoms with Crippen LogP contribution in [0.1, 0.15) is 54.3 Å². The Hall–Kier alpha value is -3.31. The second-order valence-corrected chi connectivity index (χ2v) is 10.7. The number of nitrogens with zero attached hydrogens (tertiary/aromatic N) is 3. The standard InChI is InChI=1S/C31H36ClN3O4/c1-20(2)31(19-33,14-16-35(3)15-13-21-11-12-24(37-4)25(17-21)38-5)29-27(36)23-18-39-28(26(23)30(32)34-29)22-9-7-6-8-10-22/h6-12,17,20,28,36H,13-16,18H2,1-5H3. The third-order valence-electron chi connectivity index (χ3n) is 7.75. The van der Waals surface area contributed by atoms with Gasteiger partial charge in [-0.05, 0) is 55.6 Å². The van der Waals surface area contributed by atoms with Crippen LogP contribution in [0, 0.1) is 17.2 Å². The number of methoxy groups -OCH3 is 2. The number of fused-ring (bicyclic) bond motifs is 1. The molecule has 0 amide bonds. The van der Waals surface area contributed by atoms with Gasteiger partial charge >= 0.3 is 0 Å². The molecule has 2 atom stereocenters. The van der Waals surface area contributed by atoms with E-state index >= 15 is 0 Å². The maximum atomic E-state index is 11.4. The summed E-state index contributed by atoms with van der Waals surface area (Å²) < 4.78 is 16.8. The topological polar surface area (TPSA) is 87.8 Å². The highest BCUT2D eigenvalue weighted by Crippen LogP contribution is 2.48. The zero-order valence-electron chi connectivity index (χ0n) is 23.2. The van der Waals surface area contributed by atoms with Crippen molar-refractivity contribution in [2.24, 2.45) is 5.92 Å². The molecule has 1 N–H and O–H groups in total. The Morgan fingerprint density at radius 1 is 1.15 bits per heavy atom. The van der Waals surface area contributed by atoms with Crippen LogP contribution in [-0.2, 0) is 23.2 Å². The van der Waals surface area contributed by atoms with Gasteiger partial charge in [0.15, 0.2) is 11.5 Å². The van der Waals surface area contributed by atoms with E-state index in [2.05, 4.69) is 16.0 Å². The molecule has 206 valence electrons. The van der Waals surface area contributed by atoms with Crippen molar-refractivity contribution in [2.75, 3.05) is 34.4 Å². The minimum Gasteiger partial charge on any atom is -0.506 e. The van der Waals surface area contributed by atoms with Crippen LogP contribution in [0.2, 0.25) is 5.15 Å². The molecule has 0 bridgehead atoms. The number of nitriles is 1. The minimum atomic E-state index is -1.02. The summed E-state index contributed by atoms with van der Waals surface area (Å²) in [6, 6.07) is 18.2. The molecule has 0 saturated carbocycles. The van der Waals surface area contributed by atoms with Gasteiger partial charge in [0.25, 0.3) is 0 Å². The average Bonchev–Trinajstić information content (AvgIpc) is 3.41. The van der Waals surface area contributed by atoms with Gasteiger partial charge < -0.3 is 24.2 Å². The van der Waals surface area contributed by atoms with Gasteiger partial charge in [0.2, 0.25) is 0 Å². The van der Waals surface area contributed by atoms with E-state index in [-0.39, 0.29) is 23.4 Å². The number of likely N-dealkylation sites (N-methyl/N-ethyl adjacent to an activating group) is 1. The number of rotatable bonds is 11. The molecular weight excluding hydrogens is 514 g/mol. The fourth-order valence-corrected chi connectivity index (χ4v) is 5.52. The first-order chi connectivity index (χ1) is 18.7. The highest BCUT2D eigenvalue weighted by molar-refractivity contribution is 6.30. The van der Waals surface area contributed by atoms with E-state index in [9.17, 15) is 10.4 Å². The van der Waals surface area contributed by atoms with Crippen LogP contribution in [0.15, 0.2) is 48.5 Å². The molecule has 2 heterocycles. The Kier molecular flexibility index (Phi) is 9.01. The number of aromatic hydroxyl groups is 1. The van der Waals surface area contributed by atoms with Crippen LogP contribution in [0.3, 0.4) is 0 Å². The number of benzene rings is 2. The SMILES string of the molecule is COc1ccc(CCN(C)CCC(C#N)(c2nc(Cl)c3c(c2O)COC3c2ccccc2)C(C)C)cc1OC. The smallest absolute Gasteiger partial charge is 0.160 e. The first kappa shape index (κ1) is 28.7. The monoisotopic (exact) mass is 549 g/mol. The molecule has 0 fully saturated rings. The Morgan fingerprint density at radius 3 is 2.51 bits per heavy atom. The summed E-state index contributed by atoms with van der Waals surface area (Å²) in [7, 11) is 5.28. The molecule has 1 aliphatic rings. The Labute approximate surface area is 235 Å². The van der Waals surface area contributed by atoms with Crippen molar-refractivity contribution in [3.05, 3.63) is 81.6 Å². The van der Waals surface area contributed by atoms with Crippen molar-refractivity contribution >= 4 is 11.6 Å². The van der Waals surface area contributed by atoms with Crippen LogP contribution in [0.4, 0.5) is 0 Å². The summed E-state index contributed by atoms with van der Waals surface area (Å²) in [6.07, 6.45) is 0.895. The molecule has 1 aromatic heterocycles. The molecule has 0 saturated heterocycles. The summed E-state index contributed by atoms with van der Waals surface area (Å²) in [5, 5.41) is 22.2. The van der Waals surface area contributed by atoms with E-state index in [4.69, 9.17) is 25.8 Å². The summed E-state index contributed by atoms with van der Waals surface area (Å²) in [5.41, 5.74) is 2.67. The van der Waals surface area contributed by atoms with Gasteiger partial charge in [-0.3, -0.25) is 0 Å². The van der Waals surface area contributed by atoms with E-state index in [1.165, 1.54) is 0 Å². The summed E-state index contributed by atoms with van der Waals surface area (Å²) in [6.45, 7) is 5.60. The van der Waals surface area contributed by atoms with Gasteiger partial charge in [-0.1, -0.05) is 61.8 Å². The maximum absolute atomic E-state index is 11.4. The third kappa shape index (κ3) is 5.69. The Balaban J connectivity index is 1.54. The van der Waals surface area contributed by atoms with Crippen LogP contribution >= 0.6 is 11.6 Å². The van der Waals surface area contributed by atoms with Crippen LogP contribution in [-0.4, -0.2) is 49.3 Å². The van der Waals surface area contributed by atoms with E-state index < -0.39 is 11.5 Å². The largest absolute Gasteiger partial charge is 0.506 e. The molecule has 2 unspecified atom stereocenters. The fraction of sp³-hybridized carbons (Fsp3) is 0.419. The lowest BCUT2D eigenvalue weighted by molar-refractivity contribution is 0.0932. The molecule has 0 radical (unpaired) electrons. The zero-order valence-corrected chi connectivity index (χ0v) is 24.0. The molecule has 7 nitrogen and oxygen atoms in total. The Morgan fingerprint density at radius 2 is 1.87 bits per heavy atom. The quantitative estimate of drug-likeness (QED) is 0.291. The predicted molar refractivity (Wildman–Crippen MR) is 151 cm³/mol. The molecule has 1 aliphatic heterocycles. The summed E-state index contributed by atoms with van der Waals surface area (Å²) >= 11 is 6.74. The number of hydrogen-bond donors (Lipinski definition) is 1. The molecule has 2 aromatic carbocycles. The number of aromatic nitrogens is 1. The van der Waals surface area contributed by atoms with Crippen LogP contribution < -0.4 is 9.47 Å². The van der Waals surface area contributed by atoms with E-state index in [0.717, 1.165) is 24.1 Å². The van der Waals surface area contributed by atoms with Crippen LogP contribution in [0.25, 0.3) is 0 Å². The van der Waals surface area contributed by atoms with Crippen molar-refractivity contribution in [1.82, 2.24) is 9.88 Å². The number of pyridine rings is 1. The molecule has 39 heavy (non-hydrogen) atoms. The first-order valence-corrected chi connectivity index (χ1v) is 13.5. The van der Waals surface area contributed by atoms with E-state index in [1.54, 1.807) is 14.2 Å². The second kappa shape index (κ2) is 12.3. The normalized spacial score (nSPS) is 16.1. The molecular formula is C31H36ClN3O4. The average molecular weight is 550 g/mol. The minimum absolute atomic E-state index is 0.0102. The molecule has 0 spiro atoms.